The Labute approximate surface area is 162 Å². The number of sulfonamides is 1. The van der Waals surface area contributed by atoms with Crippen LogP contribution < -0.4 is 4.74 Å². The van der Waals surface area contributed by atoms with Gasteiger partial charge >= 0.3 is 0 Å². The maximum Gasteiger partial charge on any atom is 0.243 e. The predicted octanol–water partition coefficient (Wildman–Crippen LogP) is 3.80. The van der Waals surface area contributed by atoms with Crippen molar-refractivity contribution in [2.45, 2.75) is 37.7 Å². The molecule has 0 saturated carbocycles. The van der Waals surface area contributed by atoms with E-state index in [-0.39, 0.29) is 0 Å². The standard InChI is InChI=1S/C21H27NO4S/c1-3-17(2)19-7-9-20(10-8-19)26-16-18-5-4-6-21(15-18)27(23,24)22-11-13-25-14-12-22/h4-10,15,17H,3,11-14,16H2,1-2H3/t17-/m1/s1. The van der Waals surface area contributed by atoms with Crippen molar-refractivity contribution in [1.82, 2.24) is 4.31 Å². The van der Waals surface area contributed by atoms with Crippen LogP contribution in [0.5, 0.6) is 5.75 Å². The van der Waals surface area contributed by atoms with Crippen molar-refractivity contribution in [2.75, 3.05) is 26.3 Å². The zero-order valence-electron chi connectivity index (χ0n) is 15.9. The molecule has 0 bridgehead atoms. The highest BCUT2D eigenvalue weighted by atomic mass is 32.2. The van der Waals surface area contributed by atoms with Gasteiger partial charge in [-0.2, -0.15) is 4.31 Å². The molecule has 27 heavy (non-hydrogen) atoms. The molecule has 3 rings (SSSR count). The average Bonchev–Trinajstić information content (AvgIpc) is 2.73. The van der Waals surface area contributed by atoms with Gasteiger partial charge in [0.05, 0.1) is 18.1 Å². The van der Waals surface area contributed by atoms with Gasteiger partial charge in [-0.15, -0.1) is 0 Å². The van der Waals surface area contributed by atoms with Crippen LogP contribution in [0.1, 0.15) is 37.3 Å². The van der Waals surface area contributed by atoms with E-state index >= 15 is 0 Å². The second-order valence-electron chi connectivity index (χ2n) is 6.83. The summed E-state index contributed by atoms with van der Waals surface area (Å²) >= 11 is 0. The molecule has 0 spiro atoms. The molecule has 0 aromatic heterocycles. The molecule has 1 fully saturated rings. The van der Waals surface area contributed by atoms with E-state index in [1.165, 1.54) is 9.87 Å². The minimum Gasteiger partial charge on any atom is -0.489 e. The summed E-state index contributed by atoms with van der Waals surface area (Å²) in [6.07, 6.45) is 1.10. The maximum absolute atomic E-state index is 12.8. The van der Waals surface area contributed by atoms with E-state index in [9.17, 15) is 8.42 Å². The number of hydrogen-bond acceptors (Lipinski definition) is 4. The zero-order valence-corrected chi connectivity index (χ0v) is 16.7. The van der Waals surface area contributed by atoms with E-state index in [1.807, 2.05) is 18.2 Å². The molecule has 1 saturated heterocycles. The molecule has 2 aromatic carbocycles. The van der Waals surface area contributed by atoms with Crippen molar-refractivity contribution in [1.29, 1.82) is 0 Å². The van der Waals surface area contributed by atoms with Crippen LogP contribution >= 0.6 is 0 Å². The maximum atomic E-state index is 12.8. The Morgan fingerprint density at radius 3 is 2.48 bits per heavy atom. The van der Waals surface area contributed by atoms with E-state index < -0.39 is 10.0 Å². The summed E-state index contributed by atoms with van der Waals surface area (Å²) in [5, 5.41) is 0. The molecule has 5 nitrogen and oxygen atoms in total. The van der Waals surface area contributed by atoms with E-state index in [0.717, 1.165) is 17.7 Å². The smallest absolute Gasteiger partial charge is 0.243 e. The molecule has 0 amide bonds. The Morgan fingerprint density at radius 1 is 1.11 bits per heavy atom. The SMILES string of the molecule is CC[C@@H](C)c1ccc(OCc2cccc(S(=O)(=O)N3CCOCC3)c2)cc1. The molecule has 2 aromatic rings. The molecule has 0 radical (unpaired) electrons. The van der Waals surface area contributed by atoms with Crippen molar-refractivity contribution in [3.63, 3.8) is 0 Å². The predicted molar refractivity (Wildman–Crippen MR) is 105 cm³/mol. The highest BCUT2D eigenvalue weighted by Crippen LogP contribution is 2.23. The first-order valence-electron chi connectivity index (χ1n) is 9.40. The van der Waals surface area contributed by atoms with Gasteiger partial charge in [-0.05, 0) is 47.7 Å². The van der Waals surface area contributed by atoms with Gasteiger partial charge < -0.3 is 9.47 Å². The molecule has 1 atom stereocenters. The Kier molecular flexibility index (Phi) is 6.52. The summed E-state index contributed by atoms with van der Waals surface area (Å²) in [6, 6.07) is 15.1. The lowest BCUT2D eigenvalue weighted by Crippen LogP contribution is -2.40. The molecular formula is C21H27NO4S. The minimum absolute atomic E-state index is 0.303. The van der Waals surface area contributed by atoms with Gasteiger partial charge in [0.1, 0.15) is 12.4 Å². The number of rotatable bonds is 7. The third kappa shape index (κ3) is 4.89. The lowest BCUT2D eigenvalue weighted by molar-refractivity contribution is 0.0730. The van der Waals surface area contributed by atoms with Crippen LogP contribution in [0.15, 0.2) is 53.4 Å². The fourth-order valence-corrected chi connectivity index (χ4v) is 4.51. The molecule has 1 aliphatic rings. The summed E-state index contributed by atoms with van der Waals surface area (Å²) in [7, 11) is -3.49. The van der Waals surface area contributed by atoms with Crippen molar-refractivity contribution in [3.05, 3.63) is 59.7 Å². The van der Waals surface area contributed by atoms with Gasteiger partial charge in [0.15, 0.2) is 0 Å². The Bertz CT molecular complexity index is 843. The second-order valence-corrected chi connectivity index (χ2v) is 8.77. The van der Waals surface area contributed by atoms with Crippen molar-refractivity contribution >= 4 is 10.0 Å². The van der Waals surface area contributed by atoms with E-state index in [4.69, 9.17) is 9.47 Å². The monoisotopic (exact) mass is 389 g/mol. The third-order valence-corrected chi connectivity index (χ3v) is 6.87. The fraction of sp³-hybridized carbons (Fsp3) is 0.429. The Hall–Kier alpha value is -1.89. The topological polar surface area (TPSA) is 55.8 Å². The van der Waals surface area contributed by atoms with Crippen LogP contribution in [-0.2, 0) is 21.4 Å². The van der Waals surface area contributed by atoms with Gasteiger partial charge in [-0.1, -0.05) is 38.1 Å². The number of ether oxygens (including phenoxy) is 2. The van der Waals surface area contributed by atoms with Gasteiger partial charge in [-0.3, -0.25) is 0 Å². The normalized spacial score (nSPS) is 16.8. The van der Waals surface area contributed by atoms with E-state index in [2.05, 4.69) is 26.0 Å². The third-order valence-electron chi connectivity index (χ3n) is 4.97. The van der Waals surface area contributed by atoms with Gasteiger partial charge in [0.2, 0.25) is 10.0 Å². The van der Waals surface area contributed by atoms with Crippen LogP contribution in [0.4, 0.5) is 0 Å². The van der Waals surface area contributed by atoms with Crippen LogP contribution in [0.2, 0.25) is 0 Å². The van der Waals surface area contributed by atoms with Gasteiger partial charge in [0, 0.05) is 13.1 Å². The fourth-order valence-electron chi connectivity index (χ4n) is 3.03. The Morgan fingerprint density at radius 2 is 1.81 bits per heavy atom. The van der Waals surface area contributed by atoms with E-state index in [0.29, 0.717) is 43.7 Å². The number of nitrogens with zero attached hydrogens (tertiary/aromatic N) is 1. The summed E-state index contributed by atoms with van der Waals surface area (Å²) in [5.41, 5.74) is 2.12. The summed E-state index contributed by atoms with van der Waals surface area (Å²) in [6.45, 7) is 6.37. The van der Waals surface area contributed by atoms with Gasteiger partial charge in [-0.25, -0.2) is 8.42 Å². The largest absolute Gasteiger partial charge is 0.489 e. The second kappa shape index (κ2) is 8.87. The first-order valence-corrected chi connectivity index (χ1v) is 10.8. The van der Waals surface area contributed by atoms with Gasteiger partial charge in [0.25, 0.3) is 0 Å². The molecule has 1 heterocycles. The first kappa shape index (κ1) is 19.9. The average molecular weight is 390 g/mol. The highest BCUT2D eigenvalue weighted by Gasteiger charge is 2.26. The summed E-state index contributed by atoms with van der Waals surface area (Å²) in [4.78, 5) is 0.303. The van der Waals surface area contributed by atoms with Crippen molar-refractivity contribution in [3.8, 4) is 5.75 Å². The molecule has 0 aliphatic carbocycles. The van der Waals surface area contributed by atoms with Crippen molar-refractivity contribution in [2.24, 2.45) is 0 Å². The number of morpholine rings is 1. The van der Waals surface area contributed by atoms with Crippen molar-refractivity contribution < 1.29 is 17.9 Å². The first-order chi connectivity index (χ1) is 13.0. The minimum atomic E-state index is -3.49. The summed E-state index contributed by atoms with van der Waals surface area (Å²) < 4.78 is 38.1. The molecule has 0 unspecified atom stereocenters. The molecule has 1 aliphatic heterocycles. The molecule has 6 heteroatoms. The summed E-state index contributed by atoms with van der Waals surface area (Å²) in [5.74, 6) is 1.31. The zero-order chi connectivity index (χ0) is 19.3. The quantitative estimate of drug-likeness (QED) is 0.723. The lowest BCUT2D eigenvalue weighted by Gasteiger charge is -2.26. The highest BCUT2D eigenvalue weighted by molar-refractivity contribution is 7.89. The Balaban J connectivity index is 1.67. The lowest BCUT2D eigenvalue weighted by atomic mass is 9.99. The molecule has 146 valence electrons. The molecular weight excluding hydrogens is 362 g/mol. The van der Waals surface area contributed by atoms with Crippen LogP contribution in [-0.4, -0.2) is 39.0 Å². The van der Waals surface area contributed by atoms with Crippen LogP contribution in [0.3, 0.4) is 0 Å². The van der Waals surface area contributed by atoms with E-state index in [1.54, 1.807) is 18.2 Å². The van der Waals surface area contributed by atoms with Crippen LogP contribution in [0, 0.1) is 0 Å². The molecule has 0 N–H and O–H groups in total. The number of hydrogen-bond donors (Lipinski definition) is 0. The number of benzene rings is 2. The van der Waals surface area contributed by atoms with Crippen LogP contribution in [0.25, 0.3) is 0 Å².